The van der Waals surface area contributed by atoms with Gasteiger partial charge in [-0.25, -0.2) is 4.79 Å². The molecule has 0 saturated carbocycles. The van der Waals surface area contributed by atoms with Crippen molar-refractivity contribution in [3.63, 3.8) is 0 Å². The topological polar surface area (TPSA) is 55.6 Å². The van der Waals surface area contributed by atoms with Gasteiger partial charge in [0.25, 0.3) is 0 Å². The first-order valence-corrected chi connectivity index (χ1v) is 6.66. The molecule has 1 aromatic carbocycles. The summed E-state index contributed by atoms with van der Waals surface area (Å²) < 4.78 is 5.43. The molecule has 0 saturated heterocycles. The van der Waals surface area contributed by atoms with Crippen molar-refractivity contribution in [1.82, 2.24) is 4.90 Å². The fourth-order valence-electron chi connectivity index (χ4n) is 2.38. The number of rotatable bonds is 1. The van der Waals surface area contributed by atoms with Gasteiger partial charge in [0.05, 0.1) is 0 Å². The Balaban J connectivity index is 2.17. The van der Waals surface area contributed by atoms with Crippen molar-refractivity contribution in [2.45, 2.75) is 38.8 Å². The predicted octanol–water partition coefficient (Wildman–Crippen LogP) is 2.48. The van der Waals surface area contributed by atoms with Crippen molar-refractivity contribution in [3.05, 3.63) is 35.4 Å². The third-order valence-electron chi connectivity index (χ3n) is 3.23. The molecule has 1 amide bonds. The van der Waals surface area contributed by atoms with E-state index in [0.717, 1.165) is 5.56 Å². The van der Waals surface area contributed by atoms with Gasteiger partial charge in [0.15, 0.2) is 0 Å². The molecular formula is C15H22N2O2. The Bertz CT molecular complexity index is 465. The number of hydrogen-bond donors (Lipinski definition) is 1. The van der Waals surface area contributed by atoms with E-state index in [9.17, 15) is 4.79 Å². The summed E-state index contributed by atoms with van der Waals surface area (Å²) in [5.41, 5.74) is 7.78. The zero-order valence-electron chi connectivity index (χ0n) is 11.8. The highest BCUT2D eigenvalue weighted by Crippen LogP contribution is 2.28. The number of carbonyl (C=O) groups excluding carboxylic acids is 1. The second kappa shape index (κ2) is 5.21. The molecule has 0 radical (unpaired) electrons. The molecule has 1 aliphatic rings. The van der Waals surface area contributed by atoms with Crippen LogP contribution >= 0.6 is 0 Å². The molecular weight excluding hydrogens is 240 g/mol. The number of nitrogens with zero attached hydrogens (tertiary/aromatic N) is 1. The first kappa shape index (κ1) is 13.9. The lowest BCUT2D eigenvalue weighted by molar-refractivity contribution is 0.0207. The Morgan fingerprint density at radius 3 is 2.74 bits per heavy atom. The summed E-state index contributed by atoms with van der Waals surface area (Å²) in [6, 6.07) is 8.16. The minimum absolute atomic E-state index is 0.192. The van der Waals surface area contributed by atoms with E-state index in [2.05, 4.69) is 12.1 Å². The first-order valence-electron chi connectivity index (χ1n) is 6.66. The highest BCUT2D eigenvalue weighted by molar-refractivity contribution is 5.69. The zero-order chi connectivity index (χ0) is 14.0. The maximum atomic E-state index is 12.1. The SMILES string of the molecule is CC(C)(C)OC(=O)N1Cc2ccccc2[C@H](CN)C1. The third-order valence-corrected chi connectivity index (χ3v) is 3.23. The average Bonchev–Trinajstić information content (AvgIpc) is 2.35. The monoisotopic (exact) mass is 262 g/mol. The average molecular weight is 262 g/mol. The van der Waals surface area contributed by atoms with Crippen LogP contribution in [0.1, 0.15) is 37.8 Å². The molecule has 0 fully saturated rings. The smallest absolute Gasteiger partial charge is 0.410 e. The number of amides is 1. The lowest BCUT2D eigenvalue weighted by Crippen LogP contribution is -2.42. The molecule has 1 atom stereocenters. The number of hydrogen-bond acceptors (Lipinski definition) is 3. The van der Waals surface area contributed by atoms with Crippen molar-refractivity contribution in [2.24, 2.45) is 5.73 Å². The van der Waals surface area contributed by atoms with Crippen molar-refractivity contribution in [2.75, 3.05) is 13.1 Å². The molecule has 104 valence electrons. The van der Waals surface area contributed by atoms with Gasteiger partial charge in [-0.2, -0.15) is 0 Å². The Morgan fingerprint density at radius 2 is 2.11 bits per heavy atom. The van der Waals surface area contributed by atoms with Crippen LogP contribution in [-0.2, 0) is 11.3 Å². The summed E-state index contributed by atoms with van der Waals surface area (Å²) in [5, 5.41) is 0. The van der Waals surface area contributed by atoms with E-state index in [-0.39, 0.29) is 12.0 Å². The summed E-state index contributed by atoms with van der Waals surface area (Å²) >= 11 is 0. The zero-order valence-corrected chi connectivity index (χ0v) is 11.8. The van der Waals surface area contributed by atoms with Gasteiger partial charge in [0.2, 0.25) is 0 Å². The Hall–Kier alpha value is -1.55. The Morgan fingerprint density at radius 1 is 1.42 bits per heavy atom. The van der Waals surface area contributed by atoms with Gasteiger partial charge >= 0.3 is 6.09 Å². The number of benzene rings is 1. The molecule has 4 nitrogen and oxygen atoms in total. The fraction of sp³-hybridized carbons (Fsp3) is 0.533. The summed E-state index contributed by atoms with van der Waals surface area (Å²) in [6.07, 6.45) is -0.263. The highest BCUT2D eigenvalue weighted by Gasteiger charge is 2.29. The van der Waals surface area contributed by atoms with Crippen LogP contribution in [0.4, 0.5) is 4.79 Å². The fourth-order valence-corrected chi connectivity index (χ4v) is 2.38. The van der Waals surface area contributed by atoms with E-state index in [1.54, 1.807) is 4.90 Å². The molecule has 19 heavy (non-hydrogen) atoms. The Labute approximate surface area is 114 Å². The molecule has 1 aliphatic heterocycles. The second-order valence-electron chi connectivity index (χ2n) is 5.99. The number of ether oxygens (including phenoxy) is 1. The van der Waals surface area contributed by atoms with E-state index in [1.165, 1.54) is 5.56 Å². The number of carbonyl (C=O) groups is 1. The Kier molecular flexibility index (Phi) is 3.80. The summed E-state index contributed by atoms with van der Waals surface area (Å²) in [5.74, 6) is 0.192. The van der Waals surface area contributed by atoms with Crippen molar-refractivity contribution >= 4 is 6.09 Å². The van der Waals surface area contributed by atoms with Gasteiger partial charge in [-0.15, -0.1) is 0 Å². The maximum Gasteiger partial charge on any atom is 0.410 e. The third kappa shape index (κ3) is 3.26. The summed E-state index contributed by atoms with van der Waals surface area (Å²) in [4.78, 5) is 13.9. The first-order chi connectivity index (χ1) is 8.90. The van der Waals surface area contributed by atoms with Crippen molar-refractivity contribution in [1.29, 1.82) is 0 Å². The van der Waals surface area contributed by atoms with Gasteiger partial charge in [-0.05, 0) is 31.9 Å². The molecule has 2 N–H and O–H groups in total. The van der Waals surface area contributed by atoms with E-state index >= 15 is 0 Å². The van der Waals surface area contributed by atoms with Crippen molar-refractivity contribution in [3.8, 4) is 0 Å². The minimum atomic E-state index is -0.466. The lowest BCUT2D eigenvalue weighted by atomic mass is 9.90. The molecule has 0 unspecified atom stereocenters. The minimum Gasteiger partial charge on any atom is -0.444 e. The highest BCUT2D eigenvalue weighted by atomic mass is 16.6. The quantitative estimate of drug-likeness (QED) is 0.846. The van der Waals surface area contributed by atoms with Gasteiger partial charge in [-0.3, -0.25) is 0 Å². The maximum absolute atomic E-state index is 12.1. The van der Waals surface area contributed by atoms with Gasteiger partial charge in [-0.1, -0.05) is 24.3 Å². The molecule has 0 aromatic heterocycles. The van der Waals surface area contributed by atoms with E-state index in [4.69, 9.17) is 10.5 Å². The van der Waals surface area contributed by atoms with E-state index in [1.807, 2.05) is 32.9 Å². The van der Waals surface area contributed by atoms with Crippen LogP contribution in [0.3, 0.4) is 0 Å². The van der Waals surface area contributed by atoms with Gasteiger partial charge in [0.1, 0.15) is 5.60 Å². The van der Waals surface area contributed by atoms with Crippen LogP contribution in [0.5, 0.6) is 0 Å². The molecule has 0 aliphatic carbocycles. The van der Waals surface area contributed by atoms with E-state index < -0.39 is 5.60 Å². The number of nitrogens with two attached hydrogens (primary N) is 1. The summed E-state index contributed by atoms with van der Waals surface area (Å²) in [6.45, 7) is 7.40. The van der Waals surface area contributed by atoms with Crippen LogP contribution in [-0.4, -0.2) is 29.7 Å². The van der Waals surface area contributed by atoms with Gasteiger partial charge in [0, 0.05) is 25.6 Å². The summed E-state index contributed by atoms with van der Waals surface area (Å²) in [7, 11) is 0. The van der Waals surface area contributed by atoms with E-state index in [0.29, 0.717) is 19.6 Å². The van der Waals surface area contributed by atoms with Crippen molar-refractivity contribution < 1.29 is 9.53 Å². The molecule has 2 rings (SSSR count). The van der Waals surface area contributed by atoms with Crippen LogP contribution in [0.15, 0.2) is 24.3 Å². The molecule has 0 spiro atoms. The van der Waals surface area contributed by atoms with Crippen LogP contribution in [0.2, 0.25) is 0 Å². The van der Waals surface area contributed by atoms with Gasteiger partial charge < -0.3 is 15.4 Å². The van der Waals surface area contributed by atoms with Crippen LogP contribution in [0, 0.1) is 0 Å². The predicted molar refractivity (Wildman–Crippen MR) is 74.9 cm³/mol. The lowest BCUT2D eigenvalue weighted by Gasteiger charge is -2.35. The molecule has 1 heterocycles. The molecule has 0 bridgehead atoms. The van der Waals surface area contributed by atoms with Crippen LogP contribution < -0.4 is 5.73 Å². The molecule has 4 heteroatoms. The second-order valence-corrected chi connectivity index (χ2v) is 5.99. The standard InChI is InChI=1S/C15H22N2O2/c1-15(2,3)19-14(18)17-9-11-6-4-5-7-13(11)12(8-16)10-17/h4-7,12H,8-10,16H2,1-3H3/t12-/m1/s1. The number of fused-ring (bicyclic) bond motifs is 1. The normalized spacial score (nSPS) is 18.9. The molecule has 1 aromatic rings. The van der Waals surface area contributed by atoms with Crippen LogP contribution in [0.25, 0.3) is 0 Å². The largest absolute Gasteiger partial charge is 0.444 e.